The Labute approximate surface area is 136 Å². The second-order valence-electron chi connectivity index (χ2n) is 3.96. The van der Waals surface area contributed by atoms with Crippen molar-refractivity contribution in [1.82, 2.24) is 14.9 Å². The molecule has 0 aliphatic heterocycles. The quantitative estimate of drug-likeness (QED) is 0.680. The molecule has 0 unspecified atom stereocenters. The highest BCUT2D eigenvalue weighted by Crippen LogP contribution is 2.41. The lowest BCUT2D eigenvalue weighted by Gasteiger charge is -2.12. The van der Waals surface area contributed by atoms with Crippen LogP contribution in [0.25, 0.3) is 0 Å². The third kappa shape index (κ3) is 3.04. The van der Waals surface area contributed by atoms with E-state index in [1.165, 1.54) is 25.1 Å². The molecule has 0 atom stereocenters. The van der Waals surface area contributed by atoms with Gasteiger partial charge in [-0.3, -0.25) is 5.10 Å². The second-order valence-corrected chi connectivity index (χ2v) is 5.13. The predicted octanol–water partition coefficient (Wildman–Crippen LogP) is 3.46. The van der Waals surface area contributed by atoms with Gasteiger partial charge in [-0.2, -0.15) is 14.9 Å². The molecule has 112 valence electrons. The van der Waals surface area contributed by atoms with Gasteiger partial charge in [0, 0.05) is 5.56 Å². The van der Waals surface area contributed by atoms with Crippen LogP contribution in [-0.2, 0) is 0 Å². The van der Waals surface area contributed by atoms with Crippen molar-refractivity contribution < 1.29 is 9.47 Å². The zero-order valence-electron chi connectivity index (χ0n) is 11.5. The van der Waals surface area contributed by atoms with Crippen molar-refractivity contribution >= 4 is 41.6 Å². The number of benzene rings is 1. The summed E-state index contributed by atoms with van der Waals surface area (Å²) in [6, 6.07) is 1.65. The lowest BCUT2D eigenvalue weighted by Crippen LogP contribution is -1.98. The first-order valence-electron chi connectivity index (χ1n) is 5.78. The van der Waals surface area contributed by atoms with Crippen molar-refractivity contribution in [1.29, 1.82) is 0 Å². The monoisotopic (exact) mass is 346 g/mol. The lowest BCUT2D eigenvalue weighted by atomic mass is 10.2. The molecule has 2 aromatic rings. The Morgan fingerprint density at radius 3 is 2.52 bits per heavy atom. The Morgan fingerprint density at radius 1 is 1.33 bits per heavy atom. The van der Waals surface area contributed by atoms with Gasteiger partial charge in [0.15, 0.2) is 5.75 Å². The Balaban J connectivity index is 2.52. The lowest BCUT2D eigenvalue weighted by molar-refractivity contribution is 0.394. The largest absolute Gasteiger partial charge is 0.494 e. The zero-order valence-corrected chi connectivity index (χ0v) is 13.8. The maximum absolute atomic E-state index is 6.20. The summed E-state index contributed by atoms with van der Waals surface area (Å²) in [6.07, 6.45) is 1.54. The highest BCUT2D eigenvalue weighted by Gasteiger charge is 2.16. The SMILES string of the molecule is COc1c(Cl)cc(/C=N\n2c(C)n[nH]c2=S)c(OC)c1Cl. The third-order valence-electron chi connectivity index (χ3n) is 2.69. The minimum atomic E-state index is 0.279. The van der Waals surface area contributed by atoms with Gasteiger partial charge in [0.2, 0.25) is 4.77 Å². The van der Waals surface area contributed by atoms with Gasteiger partial charge in [-0.05, 0) is 25.2 Å². The van der Waals surface area contributed by atoms with Crippen molar-refractivity contribution in [3.05, 3.63) is 32.3 Å². The fourth-order valence-corrected chi connectivity index (χ4v) is 2.65. The van der Waals surface area contributed by atoms with Crippen LogP contribution in [0, 0.1) is 11.7 Å². The Bertz CT molecular complexity index is 754. The maximum Gasteiger partial charge on any atom is 0.216 e. The number of nitrogens with zero attached hydrogens (tertiary/aromatic N) is 3. The summed E-state index contributed by atoms with van der Waals surface area (Å²) in [5.41, 5.74) is 0.593. The third-order valence-corrected chi connectivity index (χ3v) is 3.58. The number of rotatable bonds is 4. The zero-order chi connectivity index (χ0) is 15.6. The van der Waals surface area contributed by atoms with Crippen LogP contribution in [0.4, 0.5) is 0 Å². The number of ether oxygens (including phenoxy) is 2. The number of nitrogens with one attached hydrogen (secondary N) is 1. The fraction of sp³-hybridized carbons (Fsp3) is 0.250. The van der Waals surface area contributed by atoms with Crippen LogP contribution in [-0.4, -0.2) is 35.3 Å². The number of hydrogen-bond acceptors (Lipinski definition) is 5. The van der Waals surface area contributed by atoms with Crippen LogP contribution in [0.5, 0.6) is 11.5 Å². The number of H-pyrrole nitrogens is 1. The van der Waals surface area contributed by atoms with Crippen LogP contribution in [0.1, 0.15) is 11.4 Å². The molecule has 9 heteroatoms. The molecule has 1 aromatic carbocycles. The highest BCUT2D eigenvalue weighted by molar-refractivity contribution is 7.71. The minimum Gasteiger partial charge on any atom is -0.494 e. The van der Waals surface area contributed by atoms with Crippen molar-refractivity contribution in [2.45, 2.75) is 6.92 Å². The van der Waals surface area contributed by atoms with Gasteiger partial charge >= 0.3 is 0 Å². The van der Waals surface area contributed by atoms with Gasteiger partial charge in [-0.15, -0.1) is 0 Å². The average Bonchev–Trinajstić information content (AvgIpc) is 2.76. The summed E-state index contributed by atoms with van der Waals surface area (Å²) in [4.78, 5) is 0. The summed E-state index contributed by atoms with van der Waals surface area (Å²) in [5, 5.41) is 11.5. The summed E-state index contributed by atoms with van der Waals surface area (Å²) in [5.74, 6) is 1.39. The van der Waals surface area contributed by atoms with Crippen LogP contribution in [0.3, 0.4) is 0 Å². The van der Waals surface area contributed by atoms with Crippen molar-refractivity contribution in [2.75, 3.05) is 14.2 Å². The summed E-state index contributed by atoms with van der Waals surface area (Å²) in [7, 11) is 2.98. The van der Waals surface area contributed by atoms with Gasteiger partial charge in [0.1, 0.15) is 16.6 Å². The van der Waals surface area contributed by atoms with Crippen LogP contribution >= 0.6 is 35.4 Å². The number of methoxy groups -OCH3 is 2. The van der Waals surface area contributed by atoms with E-state index in [2.05, 4.69) is 15.3 Å². The van der Waals surface area contributed by atoms with Gasteiger partial charge in [-0.1, -0.05) is 23.2 Å². The Hall–Kier alpha value is -1.57. The standard InChI is InChI=1S/C12H12Cl2N4O2S/c1-6-16-17-12(21)18(6)15-5-7-4-8(13)11(20-3)9(14)10(7)19-2/h4-5H,1-3H3,(H,17,21)/b15-5-. The molecule has 0 fully saturated rings. The predicted molar refractivity (Wildman–Crippen MR) is 84.7 cm³/mol. The van der Waals surface area contributed by atoms with Gasteiger partial charge in [-0.25, -0.2) is 0 Å². The summed E-state index contributed by atoms with van der Waals surface area (Å²) < 4.78 is 12.3. The first-order chi connectivity index (χ1) is 9.99. The topological polar surface area (TPSA) is 64.4 Å². The van der Waals surface area contributed by atoms with Gasteiger partial charge in [0.25, 0.3) is 0 Å². The van der Waals surface area contributed by atoms with E-state index in [9.17, 15) is 0 Å². The molecule has 0 spiro atoms. The molecule has 1 N–H and O–H groups in total. The normalized spacial score (nSPS) is 11.1. The Kier molecular flexibility index (Phi) is 4.87. The van der Waals surface area contributed by atoms with E-state index in [-0.39, 0.29) is 5.02 Å². The number of aromatic nitrogens is 3. The number of hydrogen-bond donors (Lipinski definition) is 1. The molecule has 0 amide bonds. The molecule has 0 bridgehead atoms. The van der Waals surface area contributed by atoms with E-state index < -0.39 is 0 Å². The molecule has 0 saturated heterocycles. The fourth-order valence-electron chi connectivity index (χ4n) is 1.72. The van der Waals surface area contributed by atoms with Crippen LogP contribution in [0.2, 0.25) is 10.0 Å². The molecule has 0 aliphatic carbocycles. The van der Waals surface area contributed by atoms with Crippen molar-refractivity contribution in [2.24, 2.45) is 5.10 Å². The van der Waals surface area contributed by atoms with E-state index in [1.54, 1.807) is 13.0 Å². The molecule has 6 nitrogen and oxygen atoms in total. The molecule has 0 radical (unpaired) electrons. The van der Waals surface area contributed by atoms with E-state index in [0.717, 1.165) is 0 Å². The molecular weight excluding hydrogens is 335 g/mol. The summed E-state index contributed by atoms with van der Waals surface area (Å²) >= 11 is 17.4. The van der Waals surface area contributed by atoms with Gasteiger partial charge in [0.05, 0.1) is 25.5 Å². The minimum absolute atomic E-state index is 0.279. The van der Waals surface area contributed by atoms with E-state index in [4.69, 9.17) is 44.9 Å². The molecule has 1 heterocycles. The van der Waals surface area contributed by atoms with E-state index in [1.807, 2.05) is 0 Å². The van der Waals surface area contributed by atoms with Crippen LogP contribution in [0.15, 0.2) is 11.2 Å². The van der Waals surface area contributed by atoms with Crippen molar-refractivity contribution in [3.63, 3.8) is 0 Å². The second kappa shape index (κ2) is 6.46. The molecule has 0 aliphatic rings. The number of aryl methyl sites for hydroxylation is 1. The highest BCUT2D eigenvalue weighted by atomic mass is 35.5. The van der Waals surface area contributed by atoms with E-state index >= 15 is 0 Å². The van der Waals surface area contributed by atoms with Gasteiger partial charge < -0.3 is 9.47 Å². The molecular formula is C12H12Cl2N4O2S. The van der Waals surface area contributed by atoms with Crippen LogP contribution < -0.4 is 9.47 Å². The first-order valence-corrected chi connectivity index (χ1v) is 6.94. The maximum atomic E-state index is 6.20. The van der Waals surface area contributed by atoms with Crippen molar-refractivity contribution in [3.8, 4) is 11.5 Å². The molecule has 21 heavy (non-hydrogen) atoms. The average molecular weight is 347 g/mol. The van der Waals surface area contributed by atoms with E-state index in [0.29, 0.717) is 32.7 Å². The smallest absolute Gasteiger partial charge is 0.216 e. The number of aromatic amines is 1. The molecule has 1 aromatic heterocycles. The Morgan fingerprint density at radius 2 is 2.00 bits per heavy atom. The first kappa shape index (κ1) is 15.8. The molecule has 2 rings (SSSR count). The summed E-state index contributed by atoms with van der Waals surface area (Å²) in [6.45, 7) is 1.77. The number of halogens is 2. The molecule has 0 saturated carbocycles.